The summed E-state index contributed by atoms with van der Waals surface area (Å²) in [6.45, 7) is 0.816. The molecule has 0 radical (unpaired) electrons. The normalized spacial score (nSPS) is 16.2. The monoisotopic (exact) mass is 456 g/mol. The Morgan fingerprint density at radius 1 is 1.09 bits per heavy atom. The van der Waals surface area contributed by atoms with E-state index in [1.165, 1.54) is 24.3 Å². The highest BCUT2D eigenvalue weighted by atomic mass is 32.2. The second-order valence-electron chi connectivity index (χ2n) is 7.55. The standard InChI is InChI=1S/C22H24N4O5S/c27-21(12-16-13-23-20-9-2-1-8-19(16)20)25-26-22(28)15-5-3-7-18(11-15)32(29,30)24-14-17-6-4-10-31-17/h1-3,5,7-9,11,13,17,23-24H,4,6,10,12,14H2,(H,25,27)(H,26,28). The number of aromatic amines is 1. The van der Waals surface area contributed by atoms with Gasteiger partial charge in [-0.1, -0.05) is 24.3 Å². The zero-order valence-corrected chi connectivity index (χ0v) is 18.1. The third kappa shape index (κ3) is 5.16. The van der Waals surface area contributed by atoms with Gasteiger partial charge >= 0.3 is 0 Å². The zero-order valence-electron chi connectivity index (χ0n) is 17.3. The number of para-hydroxylation sites is 1. The molecule has 4 rings (SSSR count). The number of nitrogens with one attached hydrogen (secondary N) is 4. The largest absolute Gasteiger partial charge is 0.377 e. The second-order valence-corrected chi connectivity index (χ2v) is 9.32. The summed E-state index contributed by atoms with van der Waals surface area (Å²) in [4.78, 5) is 27.8. The Balaban J connectivity index is 1.34. The van der Waals surface area contributed by atoms with E-state index in [-0.39, 0.29) is 29.5 Å². The molecule has 1 aliphatic rings. The van der Waals surface area contributed by atoms with Crippen molar-refractivity contribution in [2.45, 2.75) is 30.3 Å². The molecule has 0 spiro atoms. The summed E-state index contributed by atoms with van der Waals surface area (Å²) < 4.78 is 33.0. The predicted molar refractivity (Wildman–Crippen MR) is 118 cm³/mol. The first-order valence-electron chi connectivity index (χ1n) is 10.3. The molecule has 0 aliphatic carbocycles. The van der Waals surface area contributed by atoms with Gasteiger partial charge in [-0.15, -0.1) is 0 Å². The summed E-state index contributed by atoms with van der Waals surface area (Å²) in [5.74, 6) is -1.02. The number of carbonyl (C=O) groups is 2. The lowest BCUT2D eigenvalue weighted by Gasteiger charge is -2.12. The quantitative estimate of drug-likeness (QED) is 0.402. The Labute approximate surface area is 185 Å². The van der Waals surface area contributed by atoms with E-state index in [1.54, 1.807) is 6.20 Å². The SMILES string of the molecule is O=C(Cc1c[nH]c2ccccc12)NNC(=O)c1cccc(S(=O)(=O)NCC2CCCO2)c1. The van der Waals surface area contributed by atoms with Crippen molar-refractivity contribution in [3.8, 4) is 0 Å². The summed E-state index contributed by atoms with van der Waals surface area (Å²) in [7, 11) is -3.79. The number of hydrogen-bond acceptors (Lipinski definition) is 5. The molecule has 1 fully saturated rings. The van der Waals surface area contributed by atoms with Crippen LogP contribution in [0.25, 0.3) is 10.9 Å². The molecule has 4 N–H and O–H groups in total. The average Bonchev–Trinajstić information content (AvgIpc) is 3.47. The fraction of sp³-hybridized carbons (Fsp3) is 0.273. The van der Waals surface area contributed by atoms with Crippen LogP contribution in [-0.4, -0.2) is 44.5 Å². The van der Waals surface area contributed by atoms with Crippen molar-refractivity contribution in [2.75, 3.05) is 13.2 Å². The fourth-order valence-corrected chi connectivity index (χ4v) is 4.70. The minimum Gasteiger partial charge on any atom is -0.377 e. The number of hydrazine groups is 1. The van der Waals surface area contributed by atoms with Crippen LogP contribution in [-0.2, 0) is 26.0 Å². The molecule has 2 aromatic carbocycles. The van der Waals surface area contributed by atoms with Crippen LogP contribution in [0, 0.1) is 0 Å². The summed E-state index contributed by atoms with van der Waals surface area (Å²) >= 11 is 0. The van der Waals surface area contributed by atoms with Crippen LogP contribution in [0.4, 0.5) is 0 Å². The molecule has 168 valence electrons. The number of rotatable bonds is 7. The van der Waals surface area contributed by atoms with Crippen molar-refractivity contribution in [3.63, 3.8) is 0 Å². The van der Waals surface area contributed by atoms with Crippen molar-refractivity contribution < 1.29 is 22.7 Å². The van der Waals surface area contributed by atoms with Crippen molar-refractivity contribution >= 4 is 32.7 Å². The summed E-state index contributed by atoms with van der Waals surface area (Å²) in [6, 6.07) is 13.2. The maximum absolute atomic E-state index is 12.5. The predicted octanol–water partition coefficient (Wildman–Crippen LogP) is 1.63. The highest BCUT2D eigenvalue weighted by Gasteiger charge is 2.21. The molecule has 9 nitrogen and oxygen atoms in total. The minimum absolute atomic E-state index is 0.0340. The van der Waals surface area contributed by atoms with E-state index in [1.807, 2.05) is 24.3 Å². The first-order valence-corrected chi connectivity index (χ1v) is 11.8. The molecule has 1 aliphatic heterocycles. The van der Waals surface area contributed by atoms with Crippen molar-refractivity contribution in [2.24, 2.45) is 0 Å². The third-order valence-corrected chi connectivity index (χ3v) is 6.69. The van der Waals surface area contributed by atoms with Crippen LogP contribution in [0.5, 0.6) is 0 Å². The first kappa shape index (κ1) is 22.0. The Morgan fingerprint density at radius 3 is 2.75 bits per heavy atom. The molecular weight excluding hydrogens is 432 g/mol. The lowest BCUT2D eigenvalue weighted by molar-refractivity contribution is -0.121. The highest BCUT2D eigenvalue weighted by molar-refractivity contribution is 7.89. The van der Waals surface area contributed by atoms with Crippen molar-refractivity contribution in [3.05, 3.63) is 65.9 Å². The van der Waals surface area contributed by atoms with Gasteiger partial charge in [0.05, 0.1) is 17.4 Å². The van der Waals surface area contributed by atoms with Crippen LogP contribution in [0.3, 0.4) is 0 Å². The molecule has 1 unspecified atom stereocenters. The van der Waals surface area contributed by atoms with Crippen LogP contribution in [0.15, 0.2) is 59.6 Å². The van der Waals surface area contributed by atoms with Gasteiger partial charge in [-0.3, -0.25) is 20.4 Å². The second kappa shape index (κ2) is 9.51. The molecule has 2 heterocycles. The lowest BCUT2D eigenvalue weighted by atomic mass is 10.1. The maximum Gasteiger partial charge on any atom is 0.269 e. The number of ether oxygens (including phenoxy) is 1. The minimum atomic E-state index is -3.79. The first-order chi connectivity index (χ1) is 15.4. The highest BCUT2D eigenvalue weighted by Crippen LogP contribution is 2.18. The maximum atomic E-state index is 12.5. The smallest absolute Gasteiger partial charge is 0.269 e. The van der Waals surface area contributed by atoms with E-state index in [4.69, 9.17) is 4.74 Å². The summed E-state index contributed by atoms with van der Waals surface area (Å²) in [5, 5.41) is 0.933. The number of hydrogen-bond donors (Lipinski definition) is 4. The van der Waals surface area contributed by atoms with Gasteiger partial charge in [-0.05, 0) is 42.7 Å². The summed E-state index contributed by atoms with van der Waals surface area (Å²) in [6.07, 6.45) is 3.41. The molecule has 32 heavy (non-hydrogen) atoms. The van der Waals surface area contributed by atoms with Crippen molar-refractivity contribution in [1.29, 1.82) is 0 Å². The Bertz CT molecular complexity index is 1230. The number of H-pyrrole nitrogens is 1. The molecular formula is C22H24N4O5S. The van der Waals surface area contributed by atoms with E-state index >= 15 is 0 Å². The number of fused-ring (bicyclic) bond motifs is 1. The van der Waals surface area contributed by atoms with Gasteiger partial charge in [0, 0.05) is 35.8 Å². The molecule has 1 atom stereocenters. The number of amides is 2. The average molecular weight is 457 g/mol. The van der Waals surface area contributed by atoms with Gasteiger partial charge in [-0.25, -0.2) is 13.1 Å². The zero-order chi connectivity index (χ0) is 22.6. The van der Waals surface area contributed by atoms with E-state index < -0.39 is 21.8 Å². The van der Waals surface area contributed by atoms with Gasteiger partial charge in [0.2, 0.25) is 15.9 Å². The summed E-state index contributed by atoms with van der Waals surface area (Å²) in [5.41, 5.74) is 6.54. The van der Waals surface area contributed by atoms with E-state index in [2.05, 4.69) is 20.6 Å². The Morgan fingerprint density at radius 2 is 1.94 bits per heavy atom. The molecule has 3 aromatic rings. The Hall–Kier alpha value is -3.21. The van der Waals surface area contributed by atoms with Gasteiger partial charge in [0.1, 0.15) is 0 Å². The van der Waals surface area contributed by atoms with Crippen LogP contribution >= 0.6 is 0 Å². The van der Waals surface area contributed by atoms with Crippen LogP contribution in [0.1, 0.15) is 28.8 Å². The van der Waals surface area contributed by atoms with Crippen molar-refractivity contribution in [1.82, 2.24) is 20.6 Å². The molecule has 2 amide bonds. The van der Waals surface area contributed by atoms with Gasteiger partial charge < -0.3 is 9.72 Å². The topological polar surface area (TPSA) is 129 Å². The van der Waals surface area contributed by atoms with E-state index in [0.717, 1.165) is 29.3 Å². The molecule has 1 aromatic heterocycles. The third-order valence-electron chi connectivity index (χ3n) is 5.27. The van der Waals surface area contributed by atoms with Crippen LogP contribution < -0.4 is 15.6 Å². The number of carbonyl (C=O) groups excluding carboxylic acids is 2. The van der Waals surface area contributed by atoms with E-state index in [9.17, 15) is 18.0 Å². The van der Waals surface area contributed by atoms with Gasteiger partial charge in [0.15, 0.2) is 0 Å². The molecule has 10 heteroatoms. The Kier molecular flexibility index (Phi) is 6.54. The van der Waals surface area contributed by atoms with Crippen LogP contribution in [0.2, 0.25) is 0 Å². The molecule has 0 saturated carbocycles. The lowest BCUT2D eigenvalue weighted by Crippen LogP contribution is -2.42. The van der Waals surface area contributed by atoms with Gasteiger partial charge in [0.25, 0.3) is 5.91 Å². The fourth-order valence-electron chi connectivity index (χ4n) is 3.59. The number of aromatic nitrogens is 1. The molecule has 0 bridgehead atoms. The van der Waals surface area contributed by atoms with E-state index in [0.29, 0.717) is 6.61 Å². The molecule has 1 saturated heterocycles. The number of benzene rings is 2. The number of sulfonamides is 1. The van der Waals surface area contributed by atoms with Gasteiger partial charge in [-0.2, -0.15) is 0 Å².